The van der Waals surface area contributed by atoms with Crippen LogP contribution >= 0.6 is 0 Å². The molecule has 8 heteroatoms. The van der Waals surface area contributed by atoms with E-state index in [0.717, 1.165) is 31.1 Å². The van der Waals surface area contributed by atoms with Gasteiger partial charge in [-0.05, 0) is 43.7 Å². The third kappa shape index (κ3) is 6.51. The number of sulfonamides is 1. The van der Waals surface area contributed by atoms with Gasteiger partial charge in [0, 0.05) is 12.6 Å². The highest BCUT2D eigenvalue weighted by Crippen LogP contribution is 2.37. The standard InChI is InChI=1S/C25H32N2O5S/c1-31-23-16-21(25(28)26-15-14-19-10-6-4-7-11-19)22(17-24(23)32-2)27(33(3,29)30)18-20-12-8-5-9-13-20/h5,8-10,12-13,16-17H,4,6-7,11,14-15,18H2,1-3H3,(H,26,28). The summed E-state index contributed by atoms with van der Waals surface area (Å²) < 4.78 is 37.6. The highest BCUT2D eigenvalue weighted by Gasteiger charge is 2.26. The van der Waals surface area contributed by atoms with Crippen LogP contribution in [0.1, 0.15) is 48.0 Å². The normalized spacial score (nSPS) is 13.7. The molecule has 0 saturated heterocycles. The summed E-state index contributed by atoms with van der Waals surface area (Å²) in [5.74, 6) is 0.344. The molecule has 0 aliphatic heterocycles. The third-order valence-corrected chi connectivity index (χ3v) is 6.83. The molecular weight excluding hydrogens is 440 g/mol. The molecule has 0 radical (unpaired) electrons. The van der Waals surface area contributed by atoms with Gasteiger partial charge in [-0.2, -0.15) is 0 Å². The van der Waals surface area contributed by atoms with Crippen LogP contribution in [0.4, 0.5) is 5.69 Å². The van der Waals surface area contributed by atoms with Gasteiger partial charge in [-0.25, -0.2) is 8.42 Å². The van der Waals surface area contributed by atoms with E-state index < -0.39 is 10.0 Å². The van der Waals surface area contributed by atoms with Gasteiger partial charge in [-0.1, -0.05) is 42.0 Å². The Morgan fingerprint density at radius 1 is 1.06 bits per heavy atom. The number of hydrogen-bond donors (Lipinski definition) is 1. The molecular formula is C25H32N2O5S. The van der Waals surface area contributed by atoms with Crippen molar-refractivity contribution >= 4 is 21.6 Å². The molecule has 7 nitrogen and oxygen atoms in total. The summed E-state index contributed by atoms with van der Waals surface area (Å²) >= 11 is 0. The number of rotatable bonds is 10. The van der Waals surface area contributed by atoms with Gasteiger partial charge in [0.05, 0.1) is 38.3 Å². The Labute approximate surface area is 196 Å². The summed E-state index contributed by atoms with van der Waals surface area (Å²) in [5, 5.41) is 2.95. The first-order chi connectivity index (χ1) is 15.8. The van der Waals surface area contributed by atoms with Gasteiger partial charge in [0.25, 0.3) is 5.91 Å². The molecule has 1 aliphatic rings. The average molecular weight is 473 g/mol. The highest BCUT2D eigenvalue weighted by atomic mass is 32.2. The lowest BCUT2D eigenvalue weighted by Crippen LogP contribution is -2.33. The van der Waals surface area contributed by atoms with Crippen LogP contribution < -0.4 is 19.1 Å². The van der Waals surface area contributed by atoms with E-state index in [2.05, 4.69) is 11.4 Å². The third-order valence-electron chi connectivity index (χ3n) is 5.70. The Bertz CT molecular complexity index is 1100. The summed E-state index contributed by atoms with van der Waals surface area (Å²) in [6, 6.07) is 12.3. The molecule has 178 valence electrons. The molecule has 0 bridgehead atoms. The zero-order valence-electron chi connectivity index (χ0n) is 19.5. The van der Waals surface area contributed by atoms with Crippen LogP contribution in [0.5, 0.6) is 11.5 Å². The second kappa shape index (κ2) is 11.2. The van der Waals surface area contributed by atoms with Gasteiger partial charge in [-0.15, -0.1) is 0 Å². The van der Waals surface area contributed by atoms with Crippen LogP contribution in [0.15, 0.2) is 54.1 Å². The predicted octanol–water partition coefficient (Wildman–Crippen LogP) is 4.29. The second-order valence-electron chi connectivity index (χ2n) is 8.09. The first-order valence-corrected chi connectivity index (χ1v) is 12.9. The summed E-state index contributed by atoms with van der Waals surface area (Å²) in [5.41, 5.74) is 2.62. The quantitative estimate of drug-likeness (QED) is 0.522. The fourth-order valence-corrected chi connectivity index (χ4v) is 4.84. The first-order valence-electron chi connectivity index (χ1n) is 11.1. The topological polar surface area (TPSA) is 84.9 Å². The van der Waals surface area contributed by atoms with Crippen LogP contribution in [-0.2, 0) is 16.6 Å². The van der Waals surface area contributed by atoms with Crippen LogP contribution in [0, 0.1) is 0 Å². The Morgan fingerprint density at radius 2 is 1.76 bits per heavy atom. The van der Waals surface area contributed by atoms with Gasteiger partial charge < -0.3 is 14.8 Å². The molecule has 3 rings (SSSR count). The van der Waals surface area contributed by atoms with Crippen molar-refractivity contribution in [2.24, 2.45) is 0 Å². The number of allylic oxidation sites excluding steroid dienone is 1. The van der Waals surface area contributed by atoms with Crippen LogP contribution in [-0.4, -0.2) is 41.3 Å². The van der Waals surface area contributed by atoms with Crippen molar-refractivity contribution in [3.8, 4) is 11.5 Å². The number of amides is 1. The molecule has 0 saturated carbocycles. The van der Waals surface area contributed by atoms with Crippen molar-refractivity contribution in [3.05, 3.63) is 65.2 Å². The van der Waals surface area contributed by atoms with Crippen molar-refractivity contribution in [3.63, 3.8) is 0 Å². The van der Waals surface area contributed by atoms with Crippen LogP contribution in [0.25, 0.3) is 0 Å². The lowest BCUT2D eigenvalue weighted by Gasteiger charge is -2.26. The number of nitrogens with one attached hydrogen (secondary N) is 1. The number of methoxy groups -OCH3 is 2. The summed E-state index contributed by atoms with van der Waals surface area (Å²) in [7, 11) is -0.754. The zero-order chi connectivity index (χ0) is 23.8. The number of benzene rings is 2. The van der Waals surface area contributed by atoms with E-state index in [1.807, 2.05) is 30.3 Å². The summed E-state index contributed by atoms with van der Waals surface area (Å²) in [6.07, 6.45) is 8.72. The van der Waals surface area contributed by atoms with Crippen molar-refractivity contribution in [2.75, 3.05) is 31.3 Å². The van der Waals surface area contributed by atoms with Crippen LogP contribution in [0.3, 0.4) is 0 Å². The largest absolute Gasteiger partial charge is 0.493 e. The van der Waals surface area contributed by atoms with Crippen molar-refractivity contribution in [2.45, 2.75) is 38.6 Å². The first kappa shape index (κ1) is 24.6. The molecule has 0 aromatic heterocycles. The average Bonchev–Trinajstić information content (AvgIpc) is 2.82. The predicted molar refractivity (Wildman–Crippen MR) is 131 cm³/mol. The SMILES string of the molecule is COc1cc(C(=O)NCCC2=CCCCC2)c(N(Cc2ccccc2)S(C)(=O)=O)cc1OC. The van der Waals surface area contributed by atoms with E-state index >= 15 is 0 Å². The maximum Gasteiger partial charge on any atom is 0.253 e. The maximum atomic E-state index is 13.2. The van der Waals surface area contributed by atoms with Crippen LogP contribution in [0.2, 0.25) is 0 Å². The Balaban J connectivity index is 1.95. The number of anilines is 1. The molecule has 33 heavy (non-hydrogen) atoms. The number of carbonyl (C=O) groups excluding carboxylic acids is 1. The second-order valence-corrected chi connectivity index (χ2v) is 10.0. The number of ether oxygens (including phenoxy) is 2. The minimum atomic E-state index is -3.71. The highest BCUT2D eigenvalue weighted by molar-refractivity contribution is 7.92. The molecule has 1 amide bonds. The van der Waals surface area contributed by atoms with E-state index in [0.29, 0.717) is 18.0 Å². The van der Waals surface area contributed by atoms with Gasteiger partial charge in [0.1, 0.15) is 0 Å². The fourth-order valence-electron chi connectivity index (χ4n) is 3.95. The zero-order valence-corrected chi connectivity index (χ0v) is 20.3. The number of carbonyl (C=O) groups is 1. The smallest absolute Gasteiger partial charge is 0.253 e. The van der Waals surface area contributed by atoms with E-state index in [9.17, 15) is 13.2 Å². The number of nitrogens with zero attached hydrogens (tertiary/aromatic N) is 1. The van der Waals surface area contributed by atoms with Gasteiger partial charge in [0.2, 0.25) is 10.0 Å². The Morgan fingerprint density at radius 3 is 2.36 bits per heavy atom. The molecule has 2 aromatic carbocycles. The van der Waals surface area contributed by atoms with Crippen molar-refractivity contribution in [1.29, 1.82) is 0 Å². The monoisotopic (exact) mass is 472 g/mol. The van der Waals surface area contributed by atoms with Gasteiger partial charge in [0.15, 0.2) is 11.5 Å². The molecule has 0 atom stereocenters. The van der Waals surface area contributed by atoms with E-state index in [-0.39, 0.29) is 23.7 Å². The molecule has 0 spiro atoms. The lowest BCUT2D eigenvalue weighted by molar-refractivity contribution is 0.0954. The molecule has 0 heterocycles. The van der Waals surface area contributed by atoms with Gasteiger partial charge >= 0.3 is 0 Å². The summed E-state index contributed by atoms with van der Waals surface area (Å²) in [6.45, 7) is 0.568. The van der Waals surface area contributed by atoms with E-state index in [1.54, 1.807) is 6.07 Å². The lowest BCUT2D eigenvalue weighted by atomic mass is 9.97. The number of hydrogen-bond acceptors (Lipinski definition) is 5. The molecule has 1 aliphatic carbocycles. The molecule has 2 aromatic rings. The summed E-state index contributed by atoms with van der Waals surface area (Å²) in [4.78, 5) is 13.2. The van der Waals surface area contributed by atoms with Crippen molar-refractivity contribution in [1.82, 2.24) is 5.32 Å². The fraction of sp³-hybridized carbons (Fsp3) is 0.400. The molecule has 0 unspecified atom stereocenters. The van der Waals surface area contributed by atoms with Gasteiger partial charge in [-0.3, -0.25) is 9.10 Å². The molecule has 1 N–H and O–H groups in total. The van der Waals surface area contributed by atoms with E-state index in [1.165, 1.54) is 43.0 Å². The minimum Gasteiger partial charge on any atom is -0.493 e. The molecule has 0 fully saturated rings. The Kier molecular flexibility index (Phi) is 8.38. The Hall–Kier alpha value is -3.00. The maximum absolute atomic E-state index is 13.2. The van der Waals surface area contributed by atoms with Crippen molar-refractivity contribution < 1.29 is 22.7 Å². The van der Waals surface area contributed by atoms with E-state index in [4.69, 9.17) is 9.47 Å². The minimum absolute atomic E-state index is 0.0856.